The van der Waals surface area contributed by atoms with Crippen LogP contribution in [-0.2, 0) is 29.3 Å². The van der Waals surface area contributed by atoms with Crippen LogP contribution in [0.3, 0.4) is 0 Å². The SMILES string of the molecule is CCS(=O)(=O)CC(=O)C(=O)CS(=O)(=O)CC. The van der Waals surface area contributed by atoms with Gasteiger partial charge in [-0.3, -0.25) is 9.59 Å². The van der Waals surface area contributed by atoms with Gasteiger partial charge >= 0.3 is 0 Å². The highest BCUT2D eigenvalue weighted by Crippen LogP contribution is 1.96. The second-order valence-electron chi connectivity index (χ2n) is 3.20. The molecule has 8 heteroatoms. The lowest BCUT2D eigenvalue weighted by Crippen LogP contribution is -2.30. The number of carbonyl (C=O) groups is 2. The minimum absolute atomic E-state index is 0.257. The van der Waals surface area contributed by atoms with Crippen molar-refractivity contribution in [1.82, 2.24) is 0 Å². The van der Waals surface area contributed by atoms with E-state index in [2.05, 4.69) is 0 Å². The van der Waals surface area contributed by atoms with Gasteiger partial charge in [0.1, 0.15) is 11.5 Å². The second kappa shape index (κ2) is 5.53. The van der Waals surface area contributed by atoms with Gasteiger partial charge in [0.25, 0.3) is 0 Å². The number of sulfone groups is 2. The summed E-state index contributed by atoms with van der Waals surface area (Å²) in [7, 11) is -7.18. The Kier molecular flexibility index (Phi) is 5.27. The minimum Gasteiger partial charge on any atom is -0.290 e. The molecule has 0 atom stereocenters. The quantitative estimate of drug-likeness (QED) is 0.549. The largest absolute Gasteiger partial charge is 0.290 e. The molecule has 0 aliphatic carbocycles. The van der Waals surface area contributed by atoms with Crippen molar-refractivity contribution in [2.75, 3.05) is 23.0 Å². The second-order valence-corrected chi connectivity index (χ2v) is 7.91. The molecular formula is C8H14O6S2. The van der Waals surface area contributed by atoms with Gasteiger partial charge < -0.3 is 0 Å². The van der Waals surface area contributed by atoms with Crippen LogP contribution in [0.4, 0.5) is 0 Å². The van der Waals surface area contributed by atoms with Crippen LogP contribution in [0.5, 0.6) is 0 Å². The van der Waals surface area contributed by atoms with Crippen molar-refractivity contribution in [3.63, 3.8) is 0 Å². The normalized spacial score (nSPS) is 12.4. The van der Waals surface area contributed by atoms with Gasteiger partial charge in [0.15, 0.2) is 19.7 Å². The van der Waals surface area contributed by atoms with Crippen LogP contribution in [0.15, 0.2) is 0 Å². The van der Waals surface area contributed by atoms with E-state index in [4.69, 9.17) is 0 Å². The molecule has 0 heterocycles. The first kappa shape index (κ1) is 15.2. The first-order chi connectivity index (χ1) is 7.13. The topological polar surface area (TPSA) is 102 Å². The first-order valence-electron chi connectivity index (χ1n) is 4.60. The zero-order chi connectivity index (χ0) is 13.0. The number of hydrogen-bond donors (Lipinski definition) is 0. The number of hydrogen-bond acceptors (Lipinski definition) is 6. The third-order valence-electron chi connectivity index (χ3n) is 1.89. The van der Waals surface area contributed by atoms with E-state index < -0.39 is 42.7 Å². The average Bonchev–Trinajstić information content (AvgIpc) is 2.16. The van der Waals surface area contributed by atoms with Crippen LogP contribution >= 0.6 is 0 Å². The lowest BCUT2D eigenvalue weighted by molar-refractivity contribution is -0.133. The van der Waals surface area contributed by atoms with Crippen LogP contribution in [0, 0.1) is 0 Å². The molecule has 0 amide bonds. The first-order valence-corrected chi connectivity index (χ1v) is 8.24. The smallest absolute Gasteiger partial charge is 0.214 e. The summed E-state index contributed by atoms with van der Waals surface area (Å²) in [4.78, 5) is 22.2. The van der Waals surface area contributed by atoms with Gasteiger partial charge in [-0.05, 0) is 0 Å². The van der Waals surface area contributed by atoms with Crippen molar-refractivity contribution in [3.8, 4) is 0 Å². The maximum absolute atomic E-state index is 11.1. The molecule has 0 bridgehead atoms. The van der Waals surface area contributed by atoms with Gasteiger partial charge in [-0.15, -0.1) is 0 Å². The molecule has 0 spiro atoms. The molecule has 0 unspecified atom stereocenters. The number of rotatable bonds is 7. The Labute approximate surface area is 94.9 Å². The molecule has 0 saturated carbocycles. The van der Waals surface area contributed by atoms with Crippen molar-refractivity contribution in [2.24, 2.45) is 0 Å². The van der Waals surface area contributed by atoms with Gasteiger partial charge in [-0.25, -0.2) is 16.8 Å². The van der Waals surface area contributed by atoms with E-state index in [1.165, 1.54) is 13.8 Å². The van der Waals surface area contributed by atoms with Crippen LogP contribution in [-0.4, -0.2) is 51.4 Å². The molecule has 6 nitrogen and oxygen atoms in total. The molecule has 0 rings (SSSR count). The highest BCUT2D eigenvalue weighted by atomic mass is 32.2. The predicted octanol–water partition coefficient (Wildman–Crippen LogP) is -1.01. The van der Waals surface area contributed by atoms with Gasteiger partial charge in [-0.2, -0.15) is 0 Å². The standard InChI is InChI=1S/C8H14O6S2/c1-3-15(11,12)5-7(9)8(10)6-16(13,14)4-2/h3-6H2,1-2H3. The molecule has 0 radical (unpaired) electrons. The van der Waals surface area contributed by atoms with Crippen molar-refractivity contribution >= 4 is 31.2 Å². The summed E-state index contributed by atoms with van der Waals surface area (Å²) in [6.07, 6.45) is 0. The highest BCUT2D eigenvalue weighted by molar-refractivity contribution is 7.93. The average molecular weight is 270 g/mol. The third kappa shape index (κ3) is 5.36. The van der Waals surface area contributed by atoms with E-state index in [-0.39, 0.29) is 11.5 Å². The summed E-state index contributed by atoms with van der Waals surface area (Å²) in [6, 6.07) is 0. The summed E-state index contributed by atoms with van der Waals surface area (Å²) >= 11 is 0. The lowest BCUT2D eigenvalue weighted by Gasteiger charge is -2.01. The fourth-order valence-electron chi connectivity index (χ4n) is 0.765. The Bertz CT molecular complexity index is 425. The molecule has 0 aromatic carbocycles. The zero-order valence-corrected chi connectivity index (χ0v) is 10.7. The lowest BCUT2D eigenvalue weighted by atomic mass is 10.3. The van der Waals surface area contributed by atoms with Crippen LogP contribution in [0.2, 0.25) is 0 Å². The third-order valence-corrected chi connectivity index (χ3v) is 5.06. The maximum Gasteiger partial charge on any atom is 0.214 e. The van der Waals surface area contributed by atoms with Crippen LogP contribution in [0.1, 0.15) is 13.8 Å². The molecule has 16 heavy (non-hydrogen) atoms. The molecule has 0 fully saturated rings. The molecule has 0 aromatic rings. The van der Waals surface area contributed by atoms with Gasteiger partial charge in [-0.1, -0.05) is 13.8 Å². The summed E-state index contributed by atoms with van der Waals surface area (Å²) in [6.45, 7) is 2.69. The van der Waals surface area contributed by atoms with Crippen molar-refractivity contribution in [3.05, 3.63) is 0 Å². The number of ketones is 2. The van der Waals surface area contributed by atoms with E-state index in [0.717, 1.165) is 0 Å². The molecule has 0 saturated heterocycles. The molecule has 0 aromatic heterocycles. The van der Waals surface area contributed by atoms with E-state index in [0.29, 0.717) is 0 Å². The predicted molar refractivity (Wildman–Crippen MR) is 58.7 cm³/mol. The molecule has 0 N–H and O–H groups in total. The summed E-state index contributed by atoms with van der Waals surface area (Å²) < 4.78 is 44.1. The summed E-state index contributed by atoms with van der Waals surface area (Å²) in [5.74, 6) is -4.68. The molecule has 94 valence electrons. The Morgan fingerprint density at radius 3 is 1.19 bits per heavy atom. The van der Waals surface area contributed by atoms with Crippen LogP contribution in [0.25, 0.3) is 0 Å². The van der Waals surface area contributed by atoms with Gasteiger partial charge in [0, 0.05) is 11.5 Å². The van der Waals surface area contributed by atoms with E-state index in [1.807, 2.05) is 0 Å². The zero-order valence-electron chi connectivity index (χ0n) is 9.09. The van der Waals surface area contributed by atoms with Crippen molar-refractivity contribution in [2.45, 2.75) is 13.8 Å². The van der Waals surface area contributed by atoms with Gasteiger partial charge in [0.2, 0.25) is 11.6 Å². The van der Waals surface area contributed by atoms with Crippen molar-refractivity contribution < 1.29 is 26.4 Å². The maximum atomic E-state index is 11.1. The number of Topliss-reactive ketones (excluding diaryl/α,β-unsaturated/α-hetero) is 2. The van der Waals surface area contributed by atoms with E-state index in [1.54, 1.807) is 0 Å². The Morgan fingerprint density at radius 2 is 1.00 bits per heavy atom. The Hall–Kier alpha value is -0.760. The Balaban J connectivity index is 4.62. The fourth-order valence-corrected chi connectivity index (χ4v) is 2.29. The molecule has 0 aliphatic rings. The summed E-state index contributed by atoms with van der Waals surface area (Å²) in [5, 5.41) is 0. The van der Waals surface area contributed by atoms with E-state index >= 15 is 0 Å². The highest BCUT2D eigenvalue weighted by Gasteiger charge is 2.24. The monoisotopic (exact) mass is 270 g/mol. The van der Waals surface area contributed by atoms with Gasteiger partial charge in [0.05, 0.1) is 0 Å². The van der Waals surface area contributed by atoms with Crippen molar-refractivity contribution in [1.29, 1.82) is 0 Å². The number of carbonyl (C=O) groups excluding carboxylic acids is 2. The minimum atomic E-state index is -3.59. The molecule has 0 aliphatic heterocycles. The van der Waals surface area contributed by atoms with E-state index in [9.17, 15) is 26.4 Å². The Morgan fingerprint density at radius 1 is 0.750 bits per heavy atom. The fraction of sp³-hybridized carbons (Fsp3) is 0.750. The van der Waals surface area contributed by atoms with Crippen LogP contribution < -0.4 is 0 Å². The summed E-state index contributed by atoms with van der Waals surface area (Å²) in [5.41, 5.74) is 0. The molecular weight excluding hydrogens is 256 g/mol.